The quantitative estimate of drug-likeness (QED) is 0.656. The van der Waals surface area contributed by atoms with Crippen LogP contribution in [0.2, 0.25) is 0 Å². The van der Waals surface area contributed by atoms with E-state index in [4.69, 9.17) is 9.47 Å². The van der Waals surface area contributed by atoms with Gasteiger partial charge in [0, 0.05) is 51.2 Å². The lowest BCUT2D eigenvalue weighted by Crippen LogP contribution is -2.67. The van der Waals surface area contributed by atoms with Gasteiger partial charge < -0.3 is 20.1 Å². The molecule has 0 spiro atoms. The van der Waals surface area contributed by atoms with Gasteiger partial charge in [0.05, 0.1) is 0 Å². The Kier molecular flexibility index (Phi) is 3.61. The topological polar surface area (TPSA) is 42.5 Å². The Hall–Kier alpha value is -0.160. The van der Waals surface area contributed by atoms with E-state index in [1.165, 1.54) is 0 Å². The molecule has 2 saturated heterocycles. The van der Waals surface area contributed by atoms with Crippen LogP contribution in [0.3, 0.4) is 0 Å². The second-order valence-corrected chi connectivity index (χ2v) is 4.30. The van der Waals surface area contributed by atoms with Crippen molar-refractivity contribution in [3.63, 3.8) is 0 Å². The van der Waals surface area contributed by atoms with Gasteiger partial charge in [-0.3, -0.25) is 0 Å². The summed E-state index contributed by atoms with van der Waals surface area (Å²) >= 11 is 0. The number of rotatable bonds is 4. The van der Waals surface area contributed by atoms with Gasteiger partial charge in [-0.2, -0.15) is 0 Å². The largest absolute Gasteiger partial charge is 0.349 e. The van der Waals surface area contributed by atoms with E-state index >= 15 is 0 Å². The second kappa shape index (κ2) is 4.78. The zero-order valence-electron chi connectivity index (χ0n) is 9.71. The van der Waals surface area contributed by atoms with E-state index < -0.39 is 0 Å². The molecule has 0 saturated carbocycles. The fourth-order valence-corrected chi connectivity index (χ4v) is 2.87. The summed E-state index contributed by atoms with van der Waals surface area (Å²) in [5.41, 5.74) is 0. The SMILES string of the molecule is CCOC1(OCC)C2CNCC1CNC2. The van der Waals surface area contributed by atoms with E-state index in [0.29, 0.717) is 11.8 Å². The summed E-state index contributed by atoms with van der Waals surface area (Å²) < 4.78 is 12.0. The van der Waals surface area contributed by atoms with E-state index in [2.05, 4.69) is 10.6 Å². The molecule has 2 heterocycles. The molecule has 88 valence electrons. The van der Waals surface area contributed by atoms with Gasteiger partial charge in [0.25, 0.3) is 0 Å². The average Bonchev–Trinajstić information content (AvgIpc) is 2.17. The van der Waals surface area contributed by atoms with Crippen LogP contribution in [-0.4, -0.2) is 45.2 Å². The van der Waals surface area contributed by atoms with Crippen molar-refractivity contribution >= 4 is 0 Å². The molecule has 2 fully saturated rings. The molecular weight excluding hydrogens is 192 g/mol. The smallest absolute Gasteiger partial charge is 0.178 e. The van der Waals surface area contributed by atoms with E-state index in [1.54, 1.807) is 0 Å². The molecule has 0 unspecified atom stereocenters. The van der Waals surface area contributed by atoms with Gasteiger partial charge in [0.15, 0.2) is 5.79 Å². The van der Waals surface area contributed by atoms with Gasteiger partial charge in [0.1, 0.15) is 0 Å². The fraction of sp³-hybridized carbons (Fsp3) is 1.00. The number of hydrogen-bond acceptors (Lipinski definition) is 4. The monoisotopic (exact) mass is 214 g/mol. The molecule has 0 aliphatic carbocycles. The van der Waals surface area contributed by atoms with Gasteiger partial charge in [0.2, 0.25) is 0 Å². The molecule has 15 heavy (non-hydrogen) atoms. The predicted octanol–water partition coefficient (Wildman–Crippen LogP) is 0.195. The number of hydrogen-bond donors (Lipinski definition) is 2. The molecule has 0 aromatic rings. The third-order valence-corrected chi connectivity index (χ3v) is 3.44. The molecule has 2 aliphatic rings. The highest BCUT2D eigenvalue weighted by atomic mass is 16.7. The Morgan fingerprint density at radius 1 is 0.933 bits per heavy atom. The van der Waals surface area contributed by atoms with Crippen LogP contribution in [-0.2, 0) is 9.47 Å². The highest BCUT2D eigenvalue weighted by molar-refractivity contribution is 4.98. The minimum absolute atomic E-state index is 0.333. The molecule has 0 atom stereocenters. The molecular formula is C11H22N2O2. The Balaban J connectivity index is 2.18. The van der Waals surface area contributed by atoms with Crippen molar-refractivity contribution in [3.8, 4) is 0 Å². The Labute approximate surface area is 91.7 Å². The molecule has 2 aliphatic heterocycles. The van der Waals surface area contributed by atoms with Crippen LogP contribution >= 0.6 is 0 Å². The zero-order chi connectivity index (χ0) is 10.7. The first-order valence-corrected chi connectivity index (χ1v) is 6.02. The lowest BCUT2D eigenvalue weighted by molar-refractivity contribution is -0.305. The van der Waals surface area contributed by atoms with Crippen molar-refractivity contribution in [1.82, 2.24) is 10.6 Å². The average molecular weight is 214 g/mol. The minimum atomic E-state index is -0.333. The maximum absolute atomic E-state index is 5.98. The summed E-state index contributed by atoms with van der Waals surface area (Å²) in [4.78, 5) is 0. The highest BCUT2D eigenvalue weighted by Crippen LogP contribution is 2.36. The van der Waals surface area contributed by atoms with Crippen molar-refractivity contribution < 1.29 is 9.47 Å². The Morgan fingerprint density at radius 2 is 1.33 bits per heavy atom. The number of piperidine rings is 2. The third kappa shape index (κ3) is 1.91. The van der Waals surface area contributed by atoms with Crippen LogP contribution in [0.5, 0.6) is 0 Å². The van der Waals surface area contributed by atoms with Crippen LogP contribution in [0, 0.1) is 11.8 Å². The van der Waals surface area contributed by atoms with Crippen molar-refractivity contribution in [2.45, 2.75) is 19.6 Å². The molecule has 0 aromatic heterocycles. The molecule has 4 heteroatoms. The summed E-state index contributed by atoms with van der Waals surface area (Å²) in [7, 11) is 0. The summed E-state index contributed by atoms with van der Waals surface area (Å²) in [5, 5.41) is 6.92. The Morgan fingerprint density at radius 3 is 1.67 bits per heavy atom. The second-order valence-electron chi connectivity index (χ2n) is 4.30. The highest BCUT2D eigenvalue weighted by Gasteiger charge is 2.51. The van der Waals surface area contributed by atoms with Gasteiger partial charge in [-0.15, -0.1) is 0 Å². The summed E-state index contributed by atoms with van der Waals surface area (Å²) in [5.74, 6) is 0.537. The van der Waals surface area contributed by atoms with Crippen molar-refractivity contribution in [3.05, 3.63) is 0 Å². The van der Waals surface area contributed by atoms with Crippen molar-refractivity contribution in [2.24, 2.45) is 11.8 Å². The predicted molar refractivity (Wildman–Crippen MR) is 58.7 cm³/mol. The molecule has 2 rings (SSSR count). The van der Waals surface area contributed by atoms with Gasteiger partial charge in [-0.1, -0.05) is 0 Å². The first-order valence-electron chi connectivity index (χ1n) is 6.02. The summed E-state index contributed by atoms with van der Waals surface area (Å²) in [6.07, 6.45) is 0. The molecule has 0 aromatic carbocycles. The van der Waals surface area contributed by atoms with Crippen molar-refractivity contribution in [2.75, 3.05) is 39.4 Å². The van der Waals surface area contributed by atoms with Crippen LogP contribution in [0.25, 0.3) is 0 Å². The normalized spacial score (nSPS) is 34.0. The van der Waals surface area contributed by atoms with E-state index in [9.17, 15) is 0 Å². The maximum Gasteiger partial charge on any atom is 0.178 e. The summed E-state index contributed by atoms with van der Waals surface area (Å²) in [6, 6.07) is 0. The summed E-state index contributed by atoms with van der Waals surface area (Å²) in [6.45, 7) is 9.51. The molecule has 2 N–H and O–H groups in total. The lowest BCUT2D eigenvalue weighted by atomic mass is 9.79. The number of nitrogens with one attached hydrogen (secondary N) is 2. The molecule has 4 nitrogen and oxygen atoms in total. The van der Waals surface area contributed by atoms with Gasteiger partial charge in [-0.25, -0.2) is 0 Å². The first kappa shape index (κ1) is 11.3. The van der Waals surface area contributed by atoms with Crippen LogP contribution < -0.4 is 10.6 Å². The number of ether oxygens (including phenoxy) is 2. The Bertz CT molecular complexity index is 181. The fourth-order valence-electron chi connectivity index (χ4n) is 2.87. The van der Waals surface area contributed by atoms with E-state index in [1.807, 2.05) is 13.8 Å². The molecule has 2 bridgehead atoms. The van der Waals surface area contributed by atoms with E-state index in [0.717, 1.165) is 39.4 Å². The standard InChI is InChI=1S/C11H22N2O2/c1-3-14-11(15-4-2)9-5-12-7-10(11)8-13-6-9/h9-10,12-13H,3-8H2,1-2H3. The minimum Gasteiger partial charge on any atom is -0.349 e. The zero-order valence-corrected chi connectivity index (χ0v) is 9.71. The van der Waals surface area contributed by atoms with E-state index in [-0.39, 0.29) is 5.79 Å². The lowest BCUT2D eigenvalue weighted by Gasteiger charge is -2.52. The first-order chi connectivity index (χ1) is 7.33. The van der Waals surface area contributed by atoms with Crippen molar-refractivity contribution in [1.29, 1.82) is 0 Å². The number of fused-ring (bicyclic) bond motifs is 2. The van der Waals surface area contributed by atoms with Gasteiger partial charge in [-0.05, 0) is 13.8 Å². The maximum atomic E-state index is 5.98. The third-order valence-electron chi connectivity index (χ3n) is 3.44. The van der Waals surface area contributed by atoms with Crippen LogP contribution in [0.1, 0.15) is 13.8 Å². The molecule has 0 amide bonds. The van der Waals surface area contributed by atoms with Gasteiger partial charge >= 0.3 is 0 Å². The van der Waals surface area contributed by atoms with Crippen LogP contribution in [0.15, 0.2) is 0 Å². The van der Waals surface area contributed by atoms with Crippen LogP contribution in [0.4, 0.5) is 0 Å². The molecule has 0 radical (unpaired) electrons.